The molecular formula is C24H52NO6P. The largest absolute Gasteiger partial charge is 0.472 e. The first kappa shape index (κ1) is 32.0. The molecule has 8 heteroatoms. The molecule has 1 atom stereocenters. The van der Waals surface area contributed by atoms with Crippen LogP contribution in [0.4, 0.5) is 0 Å². The summed E-state index contributed by atoms with van der Waals surface area (Å²) in [7, 11) is -4.01. The van der Waals surface area contributed by atoms with E-state index in [4.69, 9.17) is 19.7 Å². The van der Waals surface area contributed by atoms with E-state index < -0.39 is 7.82 Å². The summed E-state index contributed by atoms with van der Waals surface area (Å²) in [4.78, 5) is 9.29. The molecular weight excluding hydrogens is 429 g/mol. The topological polar surface area (TPSA) is 100 Å². The molecule has 0 aliphatic heterocycles. The van der Waals surface area contributed by atoms with Crippen molar-refractivity contribution >= 4 is 7.82 Å². The molecule has 0 saturated carbocycles. The lowest BCUT2D eigenvalue weighted by atomic mass is 10.0. The molecule has 194 valence electrons. The fourth-order valence-electron chi connectivity index (χ4n) is 3.52. The Kier molecular flexibility index (Phi) is 25.6. The Hall–Kier alpha value is -0.0100. The molecule has 0 heterocycles. The summed E-state index contributed by atoms with van der Waals surface area (Å²) in [5, 5.41) is 0. The van der Waals surface area contributed by atoms with Crippen molar-refractivity contribution in [2.24, 2.45) is 5.73 Å². The third-order valence-electron chi connectivity index (χ3n) is 5.41. The lowest BCUT2D eigenvalue weighted by Crippen LogP contribution is -2.10. The van der Waals surface area contributed by atoms with Gasteiger partial charge in [-0.2, -0.15) is 0 Å². The molecule has 7 nitrogen and oxygen atoms in total. The highest BCUT2D eigenvalue weighted by Crippen LogP contribution is 2.42. The summed E-state index contributed by atoms with van der Waals surface area (Å²) in [6.45, 7) is 3.42. The second kappa shape index (κ2) is 25.6. The second-order valence-electron chi connectivity index (χ2n) is 8.51. The quantitative estimate of drug-likeness (QED) is 0.0763. The van der Waals surface area contributed by atoms with Gasteiger partial charge in [0.25, 0.3) is 0 Å². The molecule has 0 rings (SSSR count). The van der Waals surface area contributed by atoms with Gasteiger partial charge in [-0.3, -0.25) is 9.05 Å². The van der Waals surface area contributed by atoms with E-state index in [1.54, 1.807) is 0 Å². The number of hydrogen-bond donors (Lipinski definition) is 2. The molecule has 0 aromatic heterocycles. The minimum Gasteiger partial charge on any atom is -0.355 e. The van der Waals surface area contributed by atoms with E-state index in [9.17, 15) is 9.46 Å². The van der Waals surface area contributed by atoms with E-state index in [-0.39, 0.29) is 33.2 Å². The maximum absolute atomic E-state index is 11.4. The monoisotopic (exact) mass is 481 g/mol. The number of phosphoric ester groups is 1. The maximum atomic E-state index is 11.4. The first-order chi connectivity index (χ1) is 15.6. The average Bonchev–Trinajstić information content (AvgIpc) is 2.78. The summed E-state index contributed by atoms with van der Waals surface area (Å²) in [6.07, 6.45) is 23.1. The molecule has 0 aliphatic rings. The summed E-state index contributed by atoms with van der Waals surface area (Å²) in [5.41, 5.74) is 5.20. The summed E-state index contributed by atoms with van der Waals surface area (Å²) in [5.74, 6) is 0. The summed E-state index contributed by atoms with van der Waals surface area (Å²) in [6, 6.07) is 0. The van der Waals surface area contributed by atoms with Crippen molar-refractivity contribution in [1.82, 2.24) is 0 Å². The zero-order valence-corrected chi connectivity index (χ0v) is 21.7. The molecule has 0 amide bonds. The fourth-order valence-corrected chi connectivity index (χ4v) is 4.24. The number of phosphoric acid groups is 1. The Balaban J connectivity index is 3.11. The van der Waals surface area contributed by atoms with E-state index in [1.807, 2.05) is 0 Å². The highest BCUT2D eigenvalue weighted by Gasteiger charge is 2.19. The van der Waals surface area contributed by atoms with E-state index in [0.717, 1.165) is 6.42 Å². The van der Waals surface area contributed by atoms with Crippen molar-refractivity contribution in [2.75, 3.05) is 39.8 Å². The number of unbranched alkanes of at least 4 members (excludes halogenated alkanes) is 16. The first-order valence-electron chi connectivity index (χ1n) is 13.1. The predicted octanol–water partition coefficient (Wildman–Crippen LogP) is 6.72. The number of hydrogen-bond acceptors (Lipinski definition) is 6. The van der Waals surface area contributed by atoms with Gasteiger partial charge in [0, 0.05) is 13.2 Å². The third kappa shape index (κ3) is 26.2. The van der Waals surface area contributed by atoms with Gasteiger partial charge in [0.15, 0.2) is 0 Å². The van der Waals surface area contributed by atoms with Crippen LogP contribution in [0.25, 0.3) is 0 Å². The smallest absolute Gasteiger partial charge is 0.355 e. The van der Waals surface area contributed by atoms with Crippen LogP contribution in [0.3, 0.4) is 0 Å². The van der Waals surface area contributed by atoms with Crippen LogP contribution in [0.2, 0.25) is 0 Å². The molecule has 3 N–H and O–H groups in total. The number of rotatable bonds is 27. The molecule has 0 spiro atoms. The zero-order valence-electron chi connectivity index (χ0n) is 20.8. The van der Waals surface area contributed by atoms with Crippen LogP contribution in [0.15, 0.2) is 0 Å². The minimum absolute atomic E-state index is 0.0168. The molecule has 0 fully saturated rings. The molecule has 0 aromatic rings. The molecule has 1 unspecified atom stereocenters. The Morgan fingerprint density at radius 2 is 1.00 bits per heavy atom. The van der Waals surface area contributed by atoms with Crippen molar-refractivity contribution in [3.05, 3.63) is 0 Å². The maximum Gasteiger partial charge on any atom is 0.472 e. The lowest BCUT2D eigenvalue weighted by Gasteiger charge is -2.11. The van der Waals surface area contributed by atoms with Crippen LogP contribution in [0.5, 0.6) is 0 Å². The van der Waals surface area contributed by atoms with Gasteiger partial charge < -0.3 is 20.1 Å². The highest BCUT2D eigenvalue weighted by atomic mass is 31.2. The predicted molar refractivity (Wildman–Crippen MR) is 132 cm³/mol. The lowest BCUT2D eigenvalue weighted by molar-refractivity contribution is -0.0631. The zero-order chi connectivity index (χ0) is 23.6. The van der Waals surface area contributed by atoms with E-state index >= 15 is 0 Å². The summed E-state index contributed by atoms with van der Waals surface area (Å²) >= 11 is 0. The van der Waals surface area contributed by atoms with Crippen LogP contribution in [0, 0.1) is 0 Å². The Labute approximate surface area is 197 Å². The van der Waals surface area contributed by atoms with Crippen LogP contribution >= 0.6 is 7.82 Å². The van der Waals surface area contributed by atoms with Crippen LogP contribution < -0.4 is 5.73 Å². The van der Waals surface area contributed by atoms with Gasteiger partial charge in [-0.25, -0.2) is 4.57 Å². The van der Waals surface area contributed by atoms with E-state index in [1.165, 1.54) is 103 Å². The molecule has 0 aromatic carbocycles. The van der Waals surface area contributed by atoms with Crippen molar-refractivity contribution < 1.29 is 28.0 Å². The van der Waals surface area contributed by atoms with Gasteiger partial charge in [-0.15, -0.1) is 0 Å². The molecule has 0 aliphatic carbocycles. The van der Waals surface area contributed by atoms with Crippen LogP contribution in [-0.2, 0) is 23.1 Å². The molecule has 0 radical (unpaired) electrons. The van der Waals surface area contributed by atoms with Gasteiger partial charge in [-0.05, 0) is 6.42 Å². The van der Waals surface area contributed by atoms with Crippen molar-refractivity contribution in [2.45, 2.75) is 116 Å². The minimum atomic E-state index is -4.01. The van der Waals surface area contributed by atoms with E-state index in [2.05, 4.69) is 11.4 Å². The standard InChI is InChI=1S/C24H52NO6P/c1-2-3-4-5-6-7-8-9-10-11-12-13-14-15-16-17-18-20-28-24-29-22-23-31-32(26,27)30-21-19-25/h2-25H2,1H3,(H,26,27). The molecule has 0 bridgehead atoms. The Bertz CT molecular complexity index is 414. The summed E-state index contributed by atoms with van der Waals surface area (Å²) < 4.78 is 31.3. The van der Waals surface area contributed by atoms with Gasteiger partial charge >= 0.3 is 7.82 Å². The van der Waals surface area contributed by atoms with Gasteiger partial charge in [0.1, 0.15) is 6.79 Å². The first-order valence-corrected chi connectivity index (χ1v) is 14.6. The van der Waals surface area contributed by atoms with Crippen molar-refractivity contribution in [3.8, 4) is 0 Å². The Morgan fingerprint density at radius 1 is 0.594 bits per heavy atom. The normalized spacial score (nSPS) is 13.5. The Morgan fingerprint density at radius 3 is 1.47 bits per heavy atom. The van der Waals surface area contributed by atoms with Crippen molar-refractivity contribution in [1.29, 1.82) is 0 Å². The van der Waals surface area contributed by atoms with Gasteiger partial charge in [0.05, 0.1) is 19.8 Å². The fraction of sp³-hybridized carbons (Fsp3) is 1.00. The second-order valence-corrected chi connectivity index (χ2v) is 9.97. The van der Waals surface area contributed by atoms with Gasteiger partial charge in [-0.1, -0.05) is 110 Å². The van der Waals surface area contributed by atoms with Crippen molar-refractivity contribution in [3.63, 3.8) is 0 Å². The number of ether oxygens (including phenoxy) is 2. The molecule has 32 heavy (non-hydrogen) atoms. The highest BCUT2D eigenvalue weighted by molar-refractivity contribution is 7.47. The van der Waals surface area contributed by atoms with Gasteiger partial charge in [0.2, 0.25) is 0 Å². The molecule has 0 saturated heterocycles. The van der Waals surface area contributed by atoms with E-state index in [0.29, 0.717) is 6.61 Å². The van der Waals surface area contributed by atoms with Crippen LogP contribution in [0.1, 0.15) is 116 Å². The number of nitrogens with two attached hydrogens (primary N) is 1. The average molecular weight is 482 g/mol. The van der Waals surface area contributed by atoms with Crippen LogP contribution in [-0.4, -0.2) is 44.7 Å². The SMILES string of the molecule is CCCCCCCCCCCCCCCCCCCOCOCCOP(=O)(O)OCCN. The third-order valence-corrected chi connectivity index (χ3v) is 6.43.